The molecule has 0 bridgehead atoms. The number of carbonyl (C=O) groups excluding carboxylic acids is 2. The highest BCUT2D eigenvalue weighted by Gasteiger charge is 2.13. The SMILES string of the molecule is COc1ccc(COC(=O)CCC(C)=O)c(C(=O)O)c1. The zero-order valence-corrected chi connectivity index (χ0v) is 11.3. The van der Waals surface area contributed by atoms with Crippen molar-refractivity contribution in [3.8, 4) is 5.75 Å². The molecule has 0 radical (unpaired) electrons. The number of carboxylic acids is 1. The Kier molecular flexibility index (Phi) is 5.71. The number of hydrogen-bond donors (Lipinski definition) is 1. The molecule has 108 valence electrons. The van der Waals surface area contributed by atoms with Gasteiger partial charge in [0.2, 0.25) is 0 Å². The van der Waals surface area contributed by atoms with Crippen LogP contribution in [0.4, 0.5) is 0 Å². The van der Waals surface area contributed by atoms with Crippen LogP contribution in [0.15, 0.2) is 18.2 Å². The van der Waals surface area contributed by atoms with E-state index in [1.165, 1.54) is 26.2 Å². The fourth-order valence-corrected chi connectivity index (χ4v) is 1.52. The van der Waals surface area contributed by atoms with Gasteiger partial charge in [-0.1, -0.05) is 6.07 Å². The second-order valence-corrected chi connectivity index (χ2v) is 4.19. The molecular formula is C14H16O6. The number of rotatable bonds is 7. The van der Waals surface area contributed by atoms with Gasteiger partial charge in [-0.15, -0.1) is 0 Å². The Hall–Kier alpha value is -2.37. The van der Waals surface area contributed by atoms with Gasteiger partial charge < -0.3 is 19.4 Å². The number of hydrogen-bond acceptors (Lipinski definition) is 5. The normalized spacial score (nSPS) is 9.90. The summed E-state index contributed by atoms with van der Waals surface area (Å²) < 4.78 is 9.89. The first-order valence-electron chi connectivity index (χ1n) is 5.99. The third-order valence-electron chi connectivity index (χ3n) is 2.62. The van der Waals surface area contributed by atoms with E-state index in [4.69, 9.17) is 14.6 Å². The predicted molar refractivity (Wildman–Crippen MR) is 69.7 cm³/mol. The molecular weight excluding hydrogens is 264 g/mol. The average Bonchev–Trinajstić information content (AvgIpc) is 2.42. The van der Waals surface area contributed by atoms with Crippen LogP contribution in [0.25, 0.3) is 0 Å². The summed E-state index contributed by atoms with van der Waals surface area (Å²) in [5.74, 6) is -1.35. The van der Waals surface area contributed by atoms with Crippen molar-refractivity contribution in [3.05, 3.63) is 29.3 Å². The van der Waals surface area contributed by atoms with Gasteiger partial charge in [-0.25, -0.2) is 4.79 Å². The van der Waals surface area contributed by atoms with Gasteiger partial charge in [-0.05, 0) is 19.1 Å². The molecule has 0 atom stereocenters. The number of ether oxygens (including phenoxy) is 2. The fourth-order valence-electron chi connectivity index (χ4n) is 1.52. The van der Waals surface area contributed by atoms with Crippen LogP contribution in [0.3, 0.4) is 0 Å². The van der Waals surface area contributed by atoms with Crippen molar-refractivity contribution < 1.29 is 29.0 Å². The first-order valence-corrected chi connectivity index (χ1v) is 5.99. The molecule has 0 aliphatic rings. The molecule has 6 nitrogen and oxygen atoms in total. The Morgan fingerprint density at radius 3 is 2.45 bits per heavy atom. The van der Waals surface area contributed by atoms with Crippen LogP contribution in [0, 0.1) is 0 Å². The van der Waals surface area contributed by atoms with Crippen molar-refractivity contribution in [3.63, 3.8) is 0 Å². The Labute approximate surface area is 116 Å². The van der Waals surface area contributed by atoms with Crippen LogP contribution in [-0.4, -0.2) is 29.9 Å². The summed E-state index contributed by atoms with van der Waals surface area (Å²) in [5.41, 5.74) is 0.387. The van der Waals surface area contributed by atoms with Gasteiger partial charge >= 0.3 is 11.9 Å². The lowest BCUT2D eigenvalue weighted by Crippen LogP contribution is -2.09. The molecule has 0 saturated carbocycles. The van der Waals surface area contributed by atoms with E-state index in [2.05, 4.69) is 0 Å². The number of Topliss-reactive ketones (excluding diaryl/α,β-unsaturated/α-hetero) is 1. The van der Waals surface area contributed by atoms with Gasteiger partial charge in [-0.3, -0.25) is 4.79 Å². The topological polar surface area (TPSA) is 89.9 Å². The van der Waals surface area contributed by atoms with Crippen LogP contribution in [0.5, 0.6) is 5.75 Å². The Balaban J connectivity index is 2.70. The molecule has 0 aromatic heterocycles. The van der Waals surface area contributed by atoms with Crippen molar-refractivity contribution in [2.24, 2.45) is 0 Å². The lowest BCUT2D eigenvalue weighted by atomic mass is 10.1. The monoisotopic (exact) mass is 280 g/mol. The largest absolute Gasteiger partial charge is 0.497 e. The lowest BCUT2D eigenvalue weighted by molar-refractivity contribution is -0.146. The van der Waals surface area contributed by atoms with Crippen molar-refractivity contribution in [1.29, 1.82) is 0 Å². The predicted octanol–water partition coefficient (Wildman–Crippen LogP) is 1.81. The van der Waals surface area contributed by atoms with E-state index in [1.807, 2.05) is 0 Å². The number of carboxylic acid groups (broad SMARTS) is 1. The van der Waals surface area contributed by atoms with Crippen LogP contribution in [0.2, 0.25) is 0 Å². The Bertz CT molecular complexity index is 520. The maximum absolute atomic E-state index is 11.4. The maximum atomic E-state index is 11.4. The number of ketones is 1. The molecule has 0 amide bonds. The number of benzene rings is 1. The Morgan fingerprint density at radius 2 is 1.90 bits per heavy atom. The molecule has 20 heavy (non-hydrogen) atoms. The summed E-state index contributed by atoms with van der Waals surface area (Å²) in [4.78, 5) is 33.2. The first-order chi connectivity index (χ1) is 9.43. The summed E-state index contributed by atoms with van der Waals surface area (Å²) >= 11 is 0. The molecule has 1 aromatic rings. The second-order valence-electron chi connectivity index (χ2n) is 4.19. The standard InChI is InChI=1S/C14H16O6/c1-9(15)3-6-13(16)20-8-10-4-5-11(19-2)7-12(10)14(17)18/h4-5,7H,3,6,8H2,1-2H3,(H,17,18). The third kappa shape index (κ3) is 4.72. The molecule has 0 saturated heterocycles. The summed E-state index contributed by atoms with van der Waals surface area (Å²) in [6.45, 7) is 1.24. The Morgan fingerprint density at radius 1 is 1.20 bits per heavy atom. The maximum Gasteiger partial charge on any atom is 0.336 e. The van der Waals surface area contributed by atoms with Gasteiger partial charge in [0.15, 0.2) is 0 Å². The summed E-state index contributed by atoms with van der Waals surface area (Å²) in [6, 6.07) is 4.48. The number of aromatic carboxylic acids is 1. The van der Waals surface area contributed by atoms with Crippen LogP contribution >= 0.6 is 0 Å². The molecule has 0 aliphatic carbocycles. The fraction of sp³-hybridized carbons (Fsp3) is 0.357. The highest BCUT2D eigenvalue weighted by molar-refractivity contribution is 5.90. The third-order valence-corrected chi connectivity index (χ3v) is 2.62. The van der Waals surface area contributed by atoms with E-state index >= 15 is 0 Å². The van der Waals surface area contributed by atoms with Crippen molar-refractivity contribution in [2.45, 2.75) is 26.4 Å². The summed E-state index contributed by atoms with van der Waals surface area (Å²) in [7, 11) is 1.43. The molecule has 0 spiro atoms. The molecule has 6 heteroatoms. The zero-order valence-electron chi connectivity index (χ0n) is 11.3. The second kappa shape index (κ2) is 7.28. The molecule has 0 aliphatic heterocycles. The van der Waals surface area contributed by atoms with E-state index in [-0.39, 0.29) is 30.8 Å². The molecule has 1 rings (SSSR count). The first kappa shape index (κ1) is 15.7. The van der Waals surface area contributed by atoms with E-state index in [0.717, 1.165) is 0 Å². The van der Waals surface area contributed by atoms with Gasteiger partial charge in [-0.2, -0.15) is 0 Å². The number of esters is 1. The number of carbonyl (C=O) groups is 3. The van der Waals surface area contributed by atoms with Gasteiger partial charge in [0.05, 0.1) is 19.1 Å². The van der Waals surface area contributed by atoms with E-state index < -0.39 is 11.9 Å². The summed E-state index contributed by atoms with van der Waals surface area (Å²) in [5, 5.41) is 9.09. The van der Waals surface area contributed by atoms with E-state index in [0.29, 0.717) is 11.3 Å². The van der Waals surface area contributed by atoms with Gasteiger partial charge in [0.25, 0.3) is 0 Å². The van der Waals surface area contributed by atoms with Gasteiger partial charge in [0.1, 0.15) is 18.1 Å². The minimum Gasteiger partial charge on any atom is -0.497 e. The van der Waals surface area contributed by atoms with E-state index in [9.17, 15) is 14.4 Å². The zero-order chi connectivity index (χ0) is 15.1. The van der Waals surface area contributed by atoms with Crippen LogP contribution < -0.4 is 4.74 Å². The van der Waals surface area contributed by atoms with Crippen LogP contribution in [0.1, 0.15) is 35.7 Å². The molecule has 0 fully saturated rings. The van der Waals surface area contributed by atoms with E-state index in [1.54, 1.807) is 6.07 Å². The van der Waals surface area contributed by atoms with Crippen molar-refractivity contribution in [1.82, 2.24) is 0 Å². The summed E-state index contributed by atoms with van der Waals surface area (Å²) in [6.07, 6.45) is 0.112. The van der Waals surface area contributed by atoms with Crippen LogP contribution in [-0.2, 0) is 20.9 Å². The highest BCUT2D eigenvalue weighted by atomic mass is 16.5. The minimum absolute atomic E-state index is 0.00606. The lowest BCUT2D eigenvalue weighted by Gasteiger charge is -2.09. The quantitative estimate of drug-likeness (QED) is 0.766. The van der Waals surface area contributed by atoms with Gasteiger partial charge in [0, 0.05) is 12.0 Å². The number of methoxy groups -OCH3 is 1. The molecule has 1 N–H and O–H groups in total. The average molecular weight is 280 g/mol. The van der Waals surface area contributed by atoms with Crippen molar-refractivity contribution >= 4 is 17.7 Å². The highest BCUT2D eigenvalue weighted by Crippen LogP contribution is 2.19. The smallest absolute Gasteiger partial charge is 0.336 e. The minimum atomic E-state index is -1.13. The van der Waals surface area contributed by atoms with Crippen molar-refractivity contribution in [2.75, 3.05) is 7.11 Å². The molecule has 0 heterocycles. The molecule has 0 unspecified atom stereocenters. The molecule has 1 aromatic carbocycles.